The Hall–Kier alpha value is -0.260. The lowest BCUT2D eigenvalue weighted by molar-refractivity contribution is -0.136. The number of alkyl halides is 3. The van der Waals surface area contributed by atoms with E-state index in [9.17, 15) is 13.2 Å². The van der Waals surface area contributed by atoms with Gasteiger partial charge in [0.2, 0.25) is 0 Å². The topological polar surface area (TPSA) is 12.0 Å². The van der Waals surface area contributed by atoms with Crippen molar-refractivity contribution < 1.29 is 13.2 Å². The Morgan fingerprint density at radius 3 is 2.50 bits per heavy atom. The molecule has 1 aromatic heterocycles. The van der Waals surface area contributed by atoms with Gasteiger partial charge < -0.3 is 5.32 Å². The van der Waals surface area contributed by atoms with Gasteiger partial charge in [-0.05, 0) is 32.0 Å². The highest BCUT2D eigenvalue weighted by Crippen LogP contribution is 2.34. The first kappa shape index (κ1) is 13.8. The number of nitrogens with one attached hydrogen (secondary N) is 1. The number of thiophene rings is 1. The van der Waals surface area contributed by atoms with E-state index >= 15 is 0 Å². The standard InChI is InChI=1S/C10H13ClF3NS/c1-6-5-8(16-9(6)11)7(15-2)3-4-10(12,13)14/h5,7,15H,3-4H2,1-2H3. The van der Waals surface area contributed by atoms with Gasteiger partial charge in [-0.2, -0.15) is 13.2 Å². The lowest BCUT2D eigenvalue weighted by Crippen LogP contribution is -2.18. The first-order valence-corrected chi connectivity index (χ1v) is 6.03. The Balaban J connectivity index is 2.68. The van der Waals surface area contributed by atoms with Gasteiger partial charge in [-0.3, -0.25) is 0 Å². The average molecular weight is 272 g/mol. The highest BCUT2D eigenvalue weighted by molar-refractivity contribution is 7.16. The van der Waals surface area contributed by atoms with Crippen LogP contribution in [0.2, 0.25) is 4.34 Å². The van der Waals surface area contributed by atoms with Crippen molar-refractivity contribution in [2.45, 2.75) is 32.0 Å². The minimum Gasteiger partial charge on any atom is -0.312 e. The number of halogens is 4. The minimum atomic E-state index is -4.11. The van der Waals surface area contributed by atoms with E-state index in [0.29, 0.717) is 4.34 Å². The second-order valence-corrected chi connectivity index (χ2v) is 5.29. The second-order valence-electron chi connectivity index (χ2n) is 3.60. The zero-order valence-corrected chi connectivity index (χ0v) is 10.6. The molecule has 1 aromatic rings. The summed E-state index contributed by atoms with van der Waals surface area (Å²) in [5, 5.41) is 2.88. The van der Waals surface area contributed by atoms with Crippen LogP contribution >= 0.6 is 22.9 Å². The molecule has 16 heavy (non-hydrogen) atoms. The largest absolute Gasteiger partial charge is 0.389 e. The summed E-state index contributed by atoms with van der Waals surface area (Å²) in [6, 6.07) is 1.56. The molecule has 1 unspecified atom stereocenters. The maximum atomic E-state index is 12.1. The molecule has 0 spiro atoms. The molecule has 0 aromatic carbocycles. The van der Waals surface area contributed by atoms with Gasteiger partial charge in [0.15, 0.2) is 0 Å². The number of hydrogen-bond donors (Lipinski definition) is 1. The van der Waals surface area contributed by atoms with Gasteiger partial charge in [0.05, 0.1) is 4.34 Å². The third kappa shape index (κ3) is 3.96. The van der Waals surface area contributed by atoms with Crippen LogP contribution in [0.1, 0.15) is 29.3 Å². The Bertz CT molecular complexity index is 329. The minimum absolute atomic E-state index is 0.0380. The van der Waals surface area contributed by atoms with Crippen molar-refractivity contribution in [2.24, 2.45) is 0 Å². The fraction of sp³-hybridized carbons (Fsp3) is 0.600. The van der Waals surface area contributed by atoms with Gasteiger partial charge in [0.25, 0.3) is 0 Å². The van der Waals surface area contributed by atoms with Gasteiger partial charge in [0.1, 0.15) is 0 Å². The summed E-state index contributed by atoms with van der Waals surface area (Å²) in [4.78, 5) is 0.856. The van der Waals surface area contributed by atoms with E-state index in [4.69, 9.17) is 11.6 Å². The second kappa shape index (κ2) is 5.38. The van der Waals surface area contributed by atoms with Gasteiger partial charge in [-0.15, -0.1) is 11.3 Å². The highest BCUT2D eigenvalue weighted by Gasteiger charge is 2.28. The van der Waals surface area contributed by atoms with Crippen molar-refractivity contribution in [2.75, 3.05) is 7.05 Å². The fourth-order valence-electron chi connectivity index (χ4n) is 1.39. The predicted octanol–water partition coefficient (Wildman–Crippen LogP) is 4.31. The fourth-order valence-corrected chi connectivity index (χ4v) is 2.75. The third-order valence-corrected chi connectivity index (χ3v) is 3.95. The zero-order valence-electron chi connectivity index (χ0n) is 8.99. The summed E-state index contributed by atoms with van der Waals surface area (Å²) >= 11 is 7.22. The molecule has 1 N–H and O–H groups in total. The van der Waals surface area contributed by atoms with E-state index in [0.717, 1.165) is 10.4 Å². The van der Waals surface area contributed by atoms with Crippen molar-refractivity contribution in [3.05, 3.63) is 20.8 Å². The number of aryl methyl sites for hydroxylation is 1. The number of hydrogen-bond acceptors (Lipinski definition) is 2. The first-order chi connectivity index (χ1) is 7.33. The van der Waals surface area contributed by atoms with Crippen LogP contribution in [0.4, 0.5) is 13.2 Å². The molecule has 0 bridgehead atoms. The van der Waals surface area contributed by atoms with Crippen LogP contribution in [0.5, 0.6) is 0 Å². The molecule has 0 fully saturated rings. The zero-order chi connectivity index (χ0) is 12.3. The lowest BCUT2D eigenvalue weighted by Gasteiger charge is -2.15. The molecule has 6 heteroatoms. The van der Waals surface area contributed by atoms with E-state index in [2.05, 4.69) is 5.32 Å². The van der Waals surface area contributed by atoms with Crippen molar-refractivity contribution in [3.8, 4) is 0 Å². The maximum absolute atomic E-state index is 12.1. The lowest BCUT2D eigenvalue weighted by atomic mass is 10.1. The summed E-state index contributed by atoms with van der Waals surface area (Å²) in [5.41, 5.74) is 0.911. The summed E-state index contributed by atoms with van der Waals surface area (Å²) in [6.45, 7) is 1.85. The van der Waals surface area contributed by atoms with E-state index in [-0.39, 0.29) is 12.5 Å². The molecule has 92 valence electrons. The Morgan fingerprint density at radius 1 is 1.50 bits per heavy atom. The van der Waals surface area contributed by atoms with Gasteiger partial charge >= 0.3 is 6.18 Å². The third-order valence-electron chi connectivity index (χ3n) is 2.28. The van der Waals surface area contributed by atoms with Crippen molar-refractivity contribution in [3.63, 3.8) is 0 Å². The SMILES string of the molecule is CNC(CCC(F)(F)F)c1cc(C)c(Cl)s1. The van der Waals surface area contributed by atoms with Crippen LogP contribution < -0.4 is 5.32 Å². The van der Waals surface area contributed by atoms with Crippen LogP contribution in [0.25, 0.3) is 0 Å². The van der Waals surface area contributed by atoms with Crippen LogP contribution in [-0.2, 0) is 0 Å². The van der Waals surface area contributed by atoms with E-state index in [1.54, 1.807) is 7.05 Å². The molecule has 1 atom stereocenters. The number of rotatable bonds is 4. The maximum Gasteiger partial charge on any atom is 0.389 e. The molecule has 0 saturated carbocycles. The first-order valence-electron chi connectivity index (χ1n) is 4.83. The van der Waals surface area contributed by atoms with Gasteiger partial charge in [-0.1, -0.05) is 11.6 Å². The Morgan fingerprint density at radius 2 is 2.12 bits per heavy atom. The predicted molar refractivity (Wildman–Crippen MR) is 61.2 cm³/mol. The molecule has 0 aliphatic rings. The summed E-state index contributed by atoms with van der Waals surface area (Å²) in [7, 11) is 1.66. The van der Waals surface area contributed by atoms with Crippen molar-refractivity contribution in [1.82, 2.24) is 5.32 Å². The van der Waals surface area contributed by atoms with Gasteiger partial charge in [-0.25, -0.2) is 0 Å². The molecule has 1 heterocycles. The summed E-state index contributed by atoms with van der Waals surface area (Å²) in [5.74, 6) is 0. The van der Waals surface area contributed by atoms with Crippen molar-refractivity contribution in [1.29, 1.82) is 0 Å². The normalized spacial score (nSPS) is 14.1. The Kier molecular flexibility index (Phi) is 4.64. The molecule has 1 rings (SSSR count). The molecule has 0 saturated heterocycles. The molecular weight excluding hydrogens is 259 g/mol. The van der Waals surface area contributed by atoms with Crippen LogP contribution in [0.15, 0.2) is 6.07 Å². The van der Waals surface area contributed by atoms with Gasteiger partial charge in [0, 0.05) is 17.3 Å². The Labute approximate surface area is 102 Å². The van der Waals surface area contributed by atoms with Crippen molar-refractivity contribution >= 4 is 22.9 Å². The average Bonchev–Trinajstić information content (AvgIpc) is 2.46. The smallest absolute Gasteiger partial charge is 0.312 e. The van der Waals surface area contributed by atoms with Crippen LogP contribution in [-0.4, -0.2) is 13.2 Å². The molecule has 0 radical (unpaired) electrons. The highest BCUT2D eigenvalue weighted by atomic mass is 35.5. The molecule has 0 aliphatic heterocycles. The van der Waals surface area contributed by atoms with Crippen LogP contribution in [0, 0.1) is 6.92 Å². The van der Waals surface area contributed by atoms with E-state index < -0.39 is 12.6 Å². The summed E-state index contributed by atoms with van der Waals surface area (Å²) in [6.07, 6.45) is -4.85. The summed E-state index contributed by atoms with van der Waals surface area (Å²) < 4.78 is 36.9. The van der Waals surface area contributed by atoms with E-state index in [1.807, 2.05) is 13.0 Å². The quantitative estimate of drug-likeness (QED) is 0.860. The molecule has 0 amide bonds. The molecule has 0 aliphatic carbocycles. The molecular formula is C10H13ClF3NS. The molecule has 1 nitrogen and oxygen atoms in total. The monoisotopic (exact) mass is 271 g/mol. The van der Waals surface area contributed by atoms with E-state index in [1.165, 1.54) is 11.3 Å². The van der Waals surface area contributed by atoms with Crippen LogP contribution in [0.3, 0.4) is 0 Å².